The highest BCUT2D eigenvalue weighted by Gasteiger charge is 2.44. The lowest BCUT2D eigenvalue weighted by molar-refractivity contribution is -0.137. The van der Waals surface area contributed by atoms with Crippen molar-refractivity contribution in [2.24, 2.45) is 0 Å². The SMILES string of the molecule is N#CNC1(C(=O)Nc2cc(C(F)(F)F)ccn2)CCC1. The van der Waals surface area contributed by atoms with Crippen molar-refractivity contribution >= 4 is 11.7 Å². The second kappa shape index (κ2) is 5.00. The standard InChI is InChI=1S/C12H11F3N4O/c13-12(14,15)8-2-5-17-9(6-8)19-10(20)11(18-7-16)3-1-4-11/h2,5-6,18H,1,3-4H2,(H,17,19,20). The second-order valence-corrected chi connectivity index (χ2v) is 4.55. The van der Waals surface area contributed by atoms with E-state index < -0.39 is 23.2 Å². The highest BCUT2D eigenvalue weighted by Crippen LogP contribution is 2.33. The molecule has 1 aromatic heterocycles. The summed E-state index contributed by atoms with van der Waals surface area (Å²) in [4.78, 5) is 15.7. The van der Waals surface area contributed by atoms with Gasteiger partial charge in [0.15, 0.2) is 6.19 Å². The van der Waals surface area contributed by atoms with Crippen LogP contribution in [0.3, 0.4) is 0 Å². The quantitative estimate of drug-likeness (QED) is 0.657. The van der Waals surface area contributed by atoms with Crippen LogP contribution in [0.15, 0.2) is 18.3 Å². The van der Waals surface area contributed by atoms with Crippen molar-refractivity contribution < 1.29 is 18.0 Å². The van der Waals surface area contributed by atoms with E-state index in [2.05, 4.69) is 15.6 Å². The molecule has 5 nitrogen and oxygen atoms in total. The Kier molecular flexibility index (Phi) is 3.53. The van der Waals surface area contributed by atoms with Gasteiger partial charge in [0.05, 0.1) is 5.56 Å². The number of nitrogens with one attached hydrogen (secondary N) is 2. The maximum Gasteiger partial charge on any atom is 0.416 e. The zero-order chi connectivity index (χ0) is 14.8. The zero-order valence-corrected chi connectivity index (χ0v) is 10.3. The Morgan fingerprint density at radius 3 is 2.65 bits per heavy atom. The fraction of sp³-hybridized carbons (Fsp3) is 0.417. The number of nitrogens with zero attached hydrogens (tertiary/aromatic N) is 2. The maximum absolute atomic E-state index is 12.5. The normalized spacial score (nSPS) is 16.7. The van der Waals surface area contributed by atoms with E-state index in [4.69, 9.17) is 5.26 Å². The van der Waals surface area contributed by atoms with E-state index >= 15 is 0 Å². The van der Waals surface area contributed by atoms with Crippen LogP contribution in [-0.2, 0) is 11.0 Å². The molecule has 8 heteroatoms. The van der Waals surface area contributed by atoms with Gasteiger partial charge in [0.25, 0.3) is 5.91 Å². The third-order valence-electron chi connectivity index (χ3n) is 3.27. The van der Waals surface area contributed by atoms with Crippen LogP contribution in [-0.4, -0.2) is 16.4 Å². The summed E-state index contributed by atoms with van der Waals surface area (Å²) < 4.78 is 37.6. The second-order valence-electron chi connectivity index (χ2n) is 4.55. The third kappa shape index (κ3) is 2.66. The molecule has 0 saturated heterocycles. The number of amides is 1. The Hall–Kier alpha value is -2.30. The van der Waals surface area contributed by atoms with Gasteiger partial charge in [-0.15, -0.1) is 0 Å². The molecule has 0 unspecified atom stereocenters. The van der Waals surface area contributed by atoms with Crippen molar-refractivity contribution in [1.82, 2.24) is 10.3 Å². The molecule has 106 valence electrons. The van der Waals surface area contributed by atoms with E-state index in [-0.39, 0.29) is 5.82 Å². The molecular formula is C12H11F3N4O. The molecule has 2 rings (SSSR count). The lowest BCUT2D eigenvalue weighted by atomic mass is 9.76. The lowest BCUT2D eigenvalue weighted by Crippen LogP contribution is -2.57. The van der Waals surface area contributed by atoms with Gasteiger partial charge < -0.3 is 10.6 Å². The van der Waals surface area contributed by atoms with Crippen molar-refractivity contribution in [3.8, 4) is 6.19 Å². The lowest BCUT2D eigenvalue weighted by Gasteiger charge is -2.38. The van der Waals surface area contributed by atoms with E-state index in [0.717, 1.165) is 24.8 Å². The zero-order valence-electron chi connectivity index (χ0n) is 10.3. The first kappa shape index (κ1) is 14.1. The van der Waals surface area contributed by atoms with Gasteiger partial charge in [0.2, 0.25) is 0 Å². The van der Waals surface area contributed by atoms with E-state index in [1.807, 2.05) is 0 Å². The van der Waals surface area contributed by atoms with E-state index in [0.29, 0.717) is 12.8 Å². The number of halogens is 3. The first-order valence-corrected chi connectivity index (χ1v) is 5.88. The number of pyridine rings is 1. The Balaban J connectivity index is 2.14. The average molecular weight is 284 g/mol. The Labute approximate surface area is 112 Å². The van der Waals surface area contributed by atoms with Crippen molar-refractivity contribution in [3.05, 3.63) is 23.9 Å². The van der Waals surface area contributed by atoms with Gasteiger partial charge in [0, 0.05) is 6.20 Å². The van der Waals surface area contributed by atoms with Crippen molar-refractivity contribution in [1.29, 1.82) is 5.26 Å². The van der Waals surface area contributed by atoms with Crippen molar-refractivity contribution in [2.75, 3.05) is 5.32 Å². The van der Waals surface area contributed by atoms with Crippen LogP contribution in [0.1, 0.15) is 24.8 Å². The minimum absolute atomic E-state index is 0.184. The number of hydrogen-bond donors (Lipinski definition) is 2. The van der Waals surface area contributed by atoms with Crippen LogP contribution < -0.4 is 10.6 Å². The van der Waals surface area contributed by atoms with Crippen LogP contribution in [0, 0.1) is 11.5 Å². The third-order valence-corrected chi connectivity index (χ3v) is 3.27. The number of alkyl halides is 3. The molecule has 1 amide bonds. The molecule has 2 N–H and O–H groups in total. The van der Waals surface area contributed by atoms with Gasteiger partial charge in [-0.25, -0.2) is 4.98 Å². The van der Waals surface area contributed by atoms with Gasteiger partial charge >= 0.3 is 6.18 Å². The molecule has 1 aliphatic carbocycles. The van der Waals surface area contributed by atoms with Crippen LogP contribution in [0.4, 0.5) is 19.0 Å². The van der Waals surface area contributed by atoms with Gasteiger partial charge in [-0.1, -0.05) is 0 Å². The number of rotatable bonds is 3. The summed E-state index contributed by atoms with van der Waals surface area (Å²) in [5.74, 6) is -0.729. The molecule has 1 aromatic rings. The summed E-state index contributed by atoms with van der Waals surface area (Å²) in [6.45, 7) is 0. The number of carbonyl (C=O) groups is 1. The minimum atomic E-state index is -4.50. The number of hydrogen-bond acceptors (Lipinski definition) is 4. The molecule has 0 spiro atoms. The Morgan fingerprint density at radius 2 is 2.15 bits per heavy atom. The summed E-state index contributed by atoms with van der Waals surface area (Å²) >= 11 is 0. The molecule has 0 aromatic carbocycles. The first-order chi connectivity index (χ1) is 9.37. The number of nitriles is 1. The van der Waals surface area contributed by atoms with Crippen LogP contribution in [0.2, 0.25) is 0 Å². The van der Waals surface area contributed by atoms with Crippen molar-refractivity contribution in [3.63, 3.8) is 0 Å². The average Bonchev–Trinajstić information content (AvgIpc) is 2.33. The molecule has 1 fully saturated rings. The van der Waals surface area contributed by atoms with Gasteiger partial charge in [-0.3, -0.25) is 4.79 Å². The monoisotopic (exact) mass is 284 g/mol. The highest BCUT2D eigenvalue weighted by atomic mass is 19.4. The number of anilines is 1. The predicted octanol–water partition coefficient (Wildman–Crippen LogP) is 2.03. The van der Waals surface area contributed by atoms with Crippen LogP contribution in [0.5, 0.6) is 0 Å². The molecule has 20 heavy (non-hydrogen) atoms. The molecule has 1 aliphatic rings. The molecule has 0 atom stereocenters. The van der Waals surface area contributed by atoms with Gasteiger partial charge in [-0.2, -0.15) is 18.4 Å². The fourth-order valence-electron chi connectivity index (χ4n) is 1.96. The fourth-order valence-corrected chi connectivity index (χ4v) is 1.96. The highest BCUT2D eigenvalue weighted by molar-refractivity contribution is 5.98. The van der Waals surface area contributed by atoms with Crippen LogP contribution in [0.25, 0.3) is 0 Å². The van der Waals surface area contributed by atoms with E-state index in [9.17, 15) is 18.0 Å². The first-order valence-electron chi connectivity index (χ1n) is 5.88. The molecule has 0 radical (unpaired) electrons. The molecule has 0 bridgehead atoms. The summed E-state index contributed by atoms with van der Waals surface area (Å²) in [6.07, 6.45) is -0.118. The number of aromatic nitrogens is 1. The summed E-state index contributed by atoms with van der Waals surface area (Å²) in [7, 11) is 0. The topological polar surface area (TPSA) is 77.8 Å². The molecule has 1 heterocycles. The predicted molar refractivity (Wildman–Crippen MR) is 63.2 cm³/mol. The molecule has 1 saturated carbocycles. The van der Waals surface area contributed by atoms with E-state index in [1.165, 1.54) is 0 Å². The summed E-state index contributed by atoms with van der Waals surface area (Å²) in [5.41, 5.74) is -1.91. The summed E-state index contributed by atoms with van der Waals surface area (Å²) in [5, 5.41) is 13.3. The summed E-state index contributed by atoms with van der Waals surface area (Å²) in [6, 6.07) is 1.58. The van der Waals surface area contributed by atoms with Gasteiger partial charge in [-0.05, 0) is 31.4 Å². The minimum Gasteiger partial charge on any atom is -0.309 e. The maximum atomic E-state index is 12.5. The largest absolute Gasteiger partial charge is 0.416 e. The molecule has 0 aliphatic heterocycles. The smallest absolute Gasteiger partial charge is 0.309 e. The van der Waals surface area contributed by atoms with E-state index in [1.54, 1.807) is 6.19 Å². The Bertz CT molecular complexity index is 561. The number of carbonyl (C=O) groups excluding carboxylic acids is 1. The van der Waals surface area contributed by atoms with Gasteiger partial charge in [0.1, 0.15) is 11.4 Å². The molecular weight excluding hydrogens is 273 g/mol. The van der Waals surface area contributed by atoms with Crippen LogP contribution >= 0.6 is 0 Å². The Morgan fingerprint density at radius 1 is 1.45 bits per heavy atom. The van der Waals surface area contributed by atoms with Crippen molar-refractivity contribution in [2.45, 2.75) is 31.0 Å².